The summed E-state index contributed by atoms with van der Waals surface area (Å²) in [5.74, 6) is 0.186. The highest BCUT2D eigenvalue weighted by atomic mass is 32.2. The lowest BCUT2D eigenvalue weighted by atomic mass is 10.0. The summed E-state index contributed by atoms with van der Waals surface area (Å²) in [4.78, 5) is 10.9. The Morgan fingerprint density at radius 2 is 2.23 bits per heavy atom. The van der Waals surface area contributed by atoms with Crippen LogP contribution in [-0.4, -0.2) is 16.8 Å². The second-order valence-electron chi connectivity index (χ2n) is 3.04. The van der Waals surface area contributed by atoms with Crippen LogP contribution in [0.2, 0.25) is 0 Å². The molecule has 1 heterocycles. The molecule has 0 aliphatic carbocycles. The molecule has 1 N–H and O–H groups in total. The van der Waals surface area contributed by atoms with E-state index in [1.54, 1.807) is 0 Å². The van der Waals surface area contributed by atoms with Gasteiger partial charge < -0.3 is 5.11 Å². The first-order valence-corrected chi connectivity index (χ1v) is 5.26. The molecule has 0 unspecified atom stereocenters. The lowest BCUT2D eigenvalue weighted by Crippen LogP contribution is -2.15. The highest BCUT2D eigenvalue weighted by Crippen LogP contribution is 2.36. The molecule has 0 bridgehead atoms. The smallest absolute Gasteiger partial charge is 0.321 e. The first kappa shape index (κ1) is 8.63. The van der Waals surface area contributed by atoms with Crippen molar-refractivity contribution in [2.45, 2.75) is 11.7 Å². The Balaban J connectivity index is 2.42. The van der Waals surface area contributed by atoms with E-state index in [4.69, 9.17) is 5.11 Å². The third-order valence-corrected chi connectivity index (χ3v) is 3.45. The molecule has 1 atom stereocenters. The van der Waals surface area contributed by atoms with E-state index < -0.39 is 5.97 Å². The van der Waals surface area contributed by atoms with Gasteiger partial charge in [-0.3, -0.25) is 4.79 Å². The minimum absolute atomic E-state index is 0.357. The summed E-state index contributed by atoms with van der Waals surface area (Å²) in [6.07, 6.45) is 0.991. The van der Waals surface area contributed by atoms with E-state index in [2.05, 4.69) is 0 Å². The van der Waals surface area contributed by atoms with Crippen LogP contribution in [0.3, 0.4) is 0 Å². The average molecular weight is 194 g/mol. The molecular weight excluding hydrogens is 184 g/mol. The predicted molar refractivity (Wildman–Crippen MR) is 53.0 cm³/mol. The summed E-state index contributed by atoms with van der Waals surface area (Å²) in [6.45, 7) is 0. The molecule has 1 aromatic rings. The molecule has 0 spiro atoms. The molecule has 2 rings (SSSR count). The molecule has 1 aliphatic rings. The van der Waals surface area contributed by atoms with Gasteiger partial charge in [0.15, 0.2) is 0 Å². The molecule has 0 radical (unpaired) electrons. The molecule has 0 saturated carbocycles. The van der Waals surface area contributed by atoms with Crippen LogP contribution in [-0.2, 0) is 11.2 Å². The van der Waals surface area contributed by atoms with Gasteiger partial charge >= 0.3 is 5.97 Å². The van der Waals surface area contributed by atoms with Gasteiger partial charge in [-0.1, -0.05) is 24.3 Å². The monoisotopic (exact) mass is 194 g/mol. The standard InChI is InChI=1S/C10H10O2S/c11-10(12)9-8-4-2-1-3-7(8)5-6-13-9/h1-4,9H,5-6H2,(H,11,12)/t9-/m0/s1. The molecular formula is C10H10O2S. The third-order valence-electron chi connectivity index (χ3n) is 2.22. The summed E-state index contributed by atoms with van der Waals surface area (Å²) in [7, 11) is 0. The molecule has 1 aromatic carbocycles. The first-order chi connectivity index (χ1) is 6.29. The normalized spacial score (nSPS) is 20.8. The molecule has 2 nitrogen and oxygen atoms in total. The number of rotatable bonds is 1. The minimum Gasteiger partial charge on any atom is -0.480 e. The first-order valence-electron chi connectivity index (χ1n) is 4.21. The zero-order valence-electron chi connectivity index (χ0n) is 7.06. The number of hydrogen-bond acceptors (Lipinski definition) is 2. The Labute approximate surface area is 81.0 Å². The van der Waals surface area contributed by atoms with Gasteiger partial charge in [0, 0.05) is 0 Å². The van der Waals surface area contributed by atoms with Gasteiger partial charge in [0.1, 0.15) is 5.25 Å². The maximum absolute atomic E-state index is 10.9. The number of carboxylic acid groups (broad SMARTS) is 1. The number of hydrogen-bond donors (Lipinski definition) is 1. The molecule has 0 saturated heterocycles. The van der Waals surface area contributed by atoms with E-state index in [9.17, 15) is 4.79 Å². The van der Waals surface area contributed by atoms with Crippen LogP contribution in [0.5, 0.6) is 0 Å². The number of carbonyl (C=O) groups is 1. The largest absolute Gasteiger partial charge is 0.480 e. The van der Waals surface area contributed by atoms with Gasteiger partial charge in [0.2, 0.25) is 0 Å². The van der Waals surface area contributed by atoms with Crippen LogP contribution in [0.4, 0.5) is 0 Å². The Hall–Kier alpha value is -0.960. The summed E-state index contributed by atoms with van der Waals surface area (Å²) < 4.78 is 0. The Morgan fingerprint density at radius 1 is 1.46 bits per heavy atom. The van der Waals surface area contributed by atoms with Gasteiger partial charge in [0.25, 0.3) is 0 Å². The van der Waals surface area contributed by atoms with Crippen molar-refractivity contribution in [3.05, 3.63) is 35.4 Å². The predicted octanol–water partition coefficient (Wildman–Crippen LogP) is 2.10. The third kappa shape index (κ3) is 1.56. The van der Waals surface area contributed by atoms with Gasteiger partial charge in [-0.05, 0) is 23.3 Å². The summed E-state index contributed by atoms with van der Waals surface area (Å²) in [6, 6.07) is 7.81. The van der Waals surface area contributed by atoms with Gasteiger partial charge in [-0.15, -0.1) is 11.8 Å². The molecule has 13 heavy (non-hydrogen) atoms. The zero-order chi connectivity index (χ0) is 9.26. The number of aryl methyl sites for hydroxylation is 1. The second kappa shape index (κ2) is 3.42. The Bertz CT molecular complexity index is 335. The number of aliphatic carboxylic acids is 1. The van der Waals surface area contributed by atoms with Gasteiger partial charge in [-0.25, -0.2) is 0 Å². The summed E-state index contributed by atoms with van der Waals surface area (Å²) in [5.41, 5.74) is 2.17. The van der Waals surface area contributed by atoms with E-state index in [-0.39, 0.29) is 5.25 Å². The molecule has 3 heteroatoms. The number of benzene rings is 1. The number of fused-ring (bicyclic) bond motifs is 1. The zero-order valence-corrected chi connectivity index (χ0v) is 7.88. The SMILES string of the molecule is O=C(O)[C@H]1SCCc2ccccc21. The maximum Gasteiger partial charge on any atom is 0.321 e. The topological polar surface area (TPSA) is 37.3 Å². The van der Waals surface area contributed by atoms with Crippen molar-refractivity contribution in [3.8, 4) is 0 Å². The summed E-state index contributed by atoms with van der Waals surface area (Å²) in [5, 5.41) is 8.61. The number of thioether (sulfide) groups is 1. The van der Waals surface area contributed by atoms with Crippen LogP contribution < -0.4 is 0 Å². The Kier molecular flexibility index (Phi) is 2.27. The fourth-order valence-electron chi connectivity index (χ4n) is 1.60. The van der Waals surface area contributed by atoms with Crippen LogP contribution in [0.1, 0.15) is 16.4 Å². The highest BCUT2D eigenvalue weighted by Gasteiger charge is 2.25. The van der Waals surface area contributed by atoms with Crippen molar-refractivity contribution in [3.63, 3.8) is 0 Å². The molecule has 1 aliphatic heterocycles. The van der Waals surface area contributed by atoms with Crippen molar-refractivity contribution < 1.29 is 9.90 Å². The highest BCUT2D eigenvalue weighted by molar-refractivity contribution is 8.00. The molecule has 0 amide bonds. The van der Waals surface area contributed by atoms with Crippen LogP contribution in [0.25, 0.3) is 0 Å². The van der Waals surface area contributed by atoms with Crippen molar-refractivity contribution in [2.24, 2.45) is 0 Å². The lowest BCUT2D eigenvalue weighted by Gasteiger charge is -2.21. The van der Waals surface area contributed by atoms with E-state index in [0.717, 1.165) is 17.7 Å². The molecule has 0 fully saturated rings. The van der Waals surface area contributed by atoms with Crippen molar-refractivity contribution in [2.75, 3.05) is 5.75 Å². The van der Waals surface area contributed by atoms with Crippen molar-refractivity contribution in [1.82, 2.24) is 0 Å². The Morgan fingerprint density at radius 3 is 3.00 bits per heavy atom. The quantitative estimate of drug-likeness (QED) is 0.744. The maximum atomic E-state index is 10.9. The van der Waals surface area contributed by atoms with Crippen LogP contribution in [0, 0.1) is 0 Å². The van der Waals surface area contributed by atoms with Crippen molar-refractivity contribution >= 4 is 17.7 Å². The second-order valence-corrected chi connectivity index (χ2v) is 4.25. The van der Waals surface area contributed by atoms with Gasteiger partial charge in [0.05, 0.1) is 0 Å². The summed E-state index contributed by atoms with van der Waals surface area (Å²) >= 11 is 1.51. The molecule has 0 aromatic heterocycles. The fraction of sp³-hybridized carbons (Fsp3) is 0.300. The average Bonchev–Trinajstić information content (AvgIpc) is 2.17. The van der Waals surface area contributed by atoms with E-state index in [1.165, 1.54) is 17.3 Å². The molecule has 68 valence electrons. The fourth-order valence-corrected chi connectivity index (χ4v) is 2.72. The lowest BCUT2D eigenvalue weighted by molar-refractivity contribution is -0.136. The van der Waals surface area contributed by atoms with Crippen LogP contribution >= 0.6 is 11.8 Å². The number of carboxylic acids is 1. The van der Waals surface area contributed by atoms with E-state index in [1.807, 2.05) is 24.3 Å². The van der Waals surface area contributed by atoms with Gasteiger partial charge in [-0.2, -0.15) is 0 Å². The van der Waals surface area contributed by atoms with E-state index >= 15 is 0 Å². The van der Waals surface area contributed by atoms with Crippen LogP contribution in [0.15, 0.2) is 24.3 Å². The van der Waals surface area contributed by atoms with Crippen molar-refractivity contribution in [1.29, 1.82) is 0 Å². The van der Waals surface area contributed by atoms with E-state index in [0.29, 0.717) is 0 Å². The minimum atomic E-state index is -0.725.